The van der Waals surface area contributed by atoms with Crippen LogP contribution in [0, 0.1) is 16.0 Å². The molecule has 0 unspecified atom stereocenters. The number of ether oxygens (including phenoxy) is 2. The number of carbonyl (C=O) groups excluding carboxylic acids is 3. The van der Waals surface area contributed by atoms with Crippen LogP contribution < -0.4 is 24.6 Å². The fraction of sp³-hybridized carbons (Fsp3) is 0.172. The molecule has 0 spiro atoms. The number of fused-ring (bicyclic) bond motifs is 2. The van der Waals surface area contributed by atoms with E-state index in [1.54, 1.807) is 30.3 Å². The second kappa shape index (κ2) is 11.5. The first-order valence-electron chi connectivity index (χ1n) is 13.1. The molecule has 0 aliphatic carbocycles. The van der Waals surface area contributed by atoms with Crippen LogP contribution in [0.3, 0.4) is 0 Å². The van der Waals surface area contributed by atoms with Crippen LogP contribution in [-0.4, -0.2) is 51.7 Å². The van der Waals surface area contributed by atoms with E-state index < -0.39 is 39.7 Å². The van der Waals surface area contributed by atoms with Crippen LogP contribution >= 0.6 is 23.1 Å². The number of nitro benzene ring substituents is 1. The van der Waals surface area contributed by atoms with Gasteiger partial charge >= 0.3 is 4.87 Å². The number of phenols is 1. The van der Waals surface area contributed by atoms with E-state index in [0.29, 0.717) is 21.2 Å². The van der Waals surface area contributed by atoms with Crippen molar-refractivity contribution in [1.29, 1.82) is 0 Å². The quantitative estimate of drug-likeness (QED) is 0.111. The van der Waals surface area contributed by atoms with Gasteiger partial charge in [0, 0.05) is 28.6 Å². The number of non-ortho nitro benzene ring substituents is 1. The van der Waals surface area contributed by atoms with Crippen molar-refractivity contribution < 1.29 is 33.9 Å². The summed E-state index contributed by atoms with van der Waals surface area (Å²) in [6, 6.07) is 16.0. The number of aromatic hydroxyl groups is 1. The zero-order chi connectivity index (χ0) is 31.1. The molecule has 15 heteroatoms. The van der Waals surface area contributed by atoms with Gasteiger partial charge in [-0.1, -0.05) is 29.2 Å². The van der Waals surface area contributed by atoms with Crippen LogP contribution in [0.5, 0.6) is 17.2 Å². The molecule has 4 aromatic rings. The summed E-state index contributed by atoms with van der Waals surface area (Å²) in [4.78, 5) is 66.9. The number of amides is 3. The lowest BCUT2D eigenvalue weighted by molar-refractivity contribution is -0.384. The molecule has 0 bridgehead atoms. The smallest absolute Gasteiger partial charge is 0.305 e. The molecule has 44 heavy (non-hydrogen) atoms. The van der Waals surface area contributed by atoms with Gasteiger partial charge in [-0.05, 0) is 54.1 Å². The highest BCUT2D eigenvalue weighted by Gasteiger charge is 2.56. The summed E-state index contributed by atoms with van der Waals surface area (Å²) in [6.07, 6.45) is 0. The molecule has 2 aliphatic heterocycles. The molecule has 1 saturated heterocycles. The van der Waals surface area contributed by atoms with Gasteiger partial charge < -0.3 is 24.9 Å². The molecule has 224 valence electrons. The molecule has 13 nitrogen and oxygen atoms in total. The van der Waals surface area contributed by atoms with Gasteiger partial charge in [-0.15, -0.1) is 0 Å². The number of phenolic OH excluding ortho intramolecular Hbond substituents is 1. The van der Waals surface area contributed by atoms with E-state index in [-0.39, 0.29) is 40.1 Å². The SMILES string of the molecule is COc1cc([C@@H]2c3sc(=O)[nH]c3S[C@H]3C(=O)N(c4ccc([N+](=O)[O-])cc4)C(=O)[C@@H]23)ccc1OCC(=O)Nc1ccc(O)cc1. The zero-order valence-electron chi connectivity index (χ0n) is 22.7. The first-order valence-corrected chi connectivity index (χ1v) is 14.8. The number of nitrogens with one attached hydrogen (secondary N) is 2. The normalized spacial score (nSPS) is 18.8. The number of hydrogen-bond donors (Lipinski definition) is 3. The van der Waals surface area contributed by atoms with Crippen molar-refractivity contribution >= 4 is 57.9 Å². The van der Waals surface area contributed by atoms with E-state index in [1.807, 2.05) is 0 Å². The molecule has 6 rings (SSSR count). The number of rotatable bonds is 8. The average Bonchev–Trinajstić information content (AvgIpc) is 3.51. The van der Waals surface area contributed by atoms with Crippen molar-refractivity contribution in [3.63, 3.8) is 0 Å². The first kappa shape index (κ1) is 28.9. The molecule has 1 fully saturated rings. The van der Waals surface area contributed by atoms with E-state index in [9.17, 15) is 34.4 Å². The number of hydrogen-bond acceptors (Lipinski definition) is 11. The summed E-state index contributed by atoms with van der Waals surface area (Å²) in [5, 5.41) is 22.8. The van der Waals surface area contributed by atoms with E-state index in [4.69, 9.17) is 9.47 Å². The number of thioether (sulfide) groups is 1. The third-order valence-corrected chi connectivity index (χ3v) is 9.60. The van der Waals surface area contributed by atoms with Crippen LogP contribution in [0.25, 0.3) is 0 Å². The fourth-order valence-corrected chi connectivity index (χ4v) is 7.75. The maximum absolute atomic E-state index is 13.9. The molecule has 3 heterocycles. The molecule has 0 saturated carbocycles. The summed E-state index contributed by atoms with van der Waals surface area (Å²) < 4.78 is 11.2. The third kappa shape index (κ3) is 5.26. The second-order valence-corrected chi connectivity index (χ2v) is 12.0. The van der Waals surface area contributed by atoms with Gasteiger partial charge in [-0.2, -0.15) is 0 Å². The lowest BCUT2D eigenvalue weighted by atomic mass is 9.83. The number of H-pyrrole nitrogens is 1. The Hall–Kier alpha value is -5.15. The van der Waals surface area contributed by atoms with Crippen molar-refractivity contribution in [2.75, 3.05) is 23.9 Å². The summed E-state index contributed by atoms with van der Waals surface area (Å²) in [7, 11) is 1.42. The molecule has 3 amide bonds. The highest BCUT2D eigenvalue weighted by molar-refractivity contribution is 8.00. The van der Waals surface area contributed by atoms with Crippen molar-refractivity contribution in [2.24, 2.45) is 5.92 Å². The minimum atomic E-state index is -0.880. The van der Waals surface area contributed by atoms with E-state index >= 15 is 0 Å². The Balaban J connectivity index is 1.29. The number of methoxy groups -OCH3 is 1. The van der Waals surface area contributed by atoms with Crippen LogP contribution in [-0.2, 0) is 14.4 Å². The number of nitro groups is 1. The number of nitrogens with zero attached hydrogens (tertiary/aromatic N) is 2. The third-order valence-electron chi connectivity index (χ3n) is 7.20. The van der Waals surface area contributed by atoms with Crippen LogP contribution in [0.4, 0.5) is 17.1 Å². The molecular weight excluding hydrogens is 612 g/mol. The molecule has 0 radical (unpaired) electrons. The number of anilines is 2. The van der Waals surface area contributed by atoms with Crippen LogP contribution in [0.1, 0.15) is 16.4 Å². The standard InChI is InChI=1S/C29H22N4O9S2/c1-41-20-12-14(2-11-19(20)42-13-21(35)30-15-3-9-18(34)10-4-15)22-23-25(43-26-24(22)44-29(38)31-26)28(37)32(27(23)36)16-5-7-17(8-6-16)33(39)40/h2-12,22-23,25,34H,13H2,1H3,(H,30,35)(H,31,38)/t22-,23-,25+/m0/s1. The molecule has 2 aliphatic rings. The molecule has 3 atom stereocenters. The van der Waals surface area contributed by atoms with E-state index in [2.05, 4.69) is 10.3 Å². The Morgan fingerprint density at radius 3 is 2.45 bits per heavy atom. The lowest BCUT2D eigenvalue weighted by Gasteiger charge is -2.30. The molecule has 3 aromatic carbocycles. The number of carbonyl (C=O) groups is 3. The van der Waals surface area contributed by atoms with Crippen molar-refractivity contribution in [2.45, 2.75) is 16.2 Å². The van der Waals surface area contributed by atoms with Gasteiger partial charge in [0.2, 0.25) is 11.8 Å². The van der Waals surface area contributed by atoms with Crippen LogP contribution in [0.15, 0.2) is 76.6 Å². The van der Waals surface area contributed by atoms with Gasteiger partial charge in [-0.25, -0.2) is 4.90 Å². The monoisotopic (exact) mass is 634 g/mol. The molecular formula is C29H22N4O9S2. The number of imide groups is 1. The summed E-state index contributed by atoms with van der Waals surface area (Å²) in [5.41, 5.74) is 1.09. The highest BCUT2D eigenvalue weighted by atomic mass is 32.2. The number of aromatic nitrogens is 1. The van der Waals surface area contributed by atoms with Crippen molar-refractivity contribution in [3.8, 4) is 17.2 Å². The predicted octanol–water partition coefficient (Wildman–Crippen LogP) is 3.87. The van der Waals surface area contributed by atoms with Gasteiger partial charge in [0.25, 0.3) is 11.6 Å². The summed E-state index contributed by atoms with van der Waals surface area (Å²) >= 11 is 2.06. The van der Waals surface area contributed by atoms with Crippen LogP contribution in [0.2, 0.25) is 0 Å². The molecule has 1 aromatic heterocycles. The number of aromatic amines is 1. The largest absolute Gasteiger partial charge is 0.508 e. The van der Waals surface area contributed by atoms with Crippen molar-refractivity contribution in [3.05, 3.63) is 97.0 Å². The van der Waals surface area contributed by atoms with Gasteiger partial charge in [0.15, 0.2) is 18.1 Å². The van der Waals surface area contributed by atoms with E-state index in [0.717, 1.165) is 28.0 Å². The van der Waals surface area contributed by atoms with Gasteiger partial charge in [-0.3, -0.25) is 29.3 Å². The van der Waals surface area contributed by atoms with Gasteiger partial charge in [0.1, 0.15) is 11.0 Å². The Kier molecular flexibility index (Phi) is 7.57. The Morgan fingerprint density at radius 1 is 1.05 bits per heavy atom. The Bertz CT molecular complexity index is 1850. The fourth-order valence-electron chi connectivity index (χ4n) is 5.24. The Labute approximate surface area is 256 Å². The molecule has 3 N–H and O–H groups in total. The maximum Gasteiger partial charge on any atom is 0.305 e. The lowest BCUT2D eigenvalue weighted by Crippen LogP contribution is -2.32. The second-order valence-electron chi connectivity index (χ2n) is 9.83. The zero-order valence-corrected chi connectivity index (χ0v) is 24.3. The average molecular weight is 635 g/mol. The first-order chi connectivity index (χ1) is 21.1. The highest BCUT2D eigenvalue weighted by Crippen LogP contribution is 2.53. The summed E-state index contributed by atoms with van der Waals surface area (Å²) in [6.45, 7) is -0.345. The minimum absolute atomic E-state index is 0.0636. The summed E-state index contributed by atoms with van der Waals surface area (Å²) in [5.74, 6) is -2.43. The van der Waals surface area contributed by atoms with E-state index in [1.165, 1.54) is 43.5 Å². The predicted molar refractivity (Wildman–Crippen MR) is 161 cm³/mol. The van der Waals surface area contributed by atoms with Crippen molar-refractivity contribution in [1.82, 2.24) is 4.98 Å². The maximum atomic E-state index is 13.9. The number of benzene rings is 3. The Morgan fingerprint density at radius 2 is 1.77 bits per heavy atom. The minimum Gasteiger partial charge on any atom is -0.508 e. The number of thiazole rings is 1. The van der Waals surface area contributed by atoms with Gasteiger partial charge in [0.05, 0.1) is 28.7 Å². The topological polar surface area (TPSA) is 181 Å².